The normalized spacial score (nSPS) is 11.0. The summed E-state index contributed by atoms with van der Waals surface area (Å²) in [5.41, 5.74) is 7.98. The van der Waals surface area contributed by atoms with E-state index in [1.54, 1.807) is 6.07 Å². The van der Waals surface area contributed by atoms with Crippen LogP contribution in [0.4, 0.5) is 5.95 Å². The second-order valence-electron chi connectivity index (χ2n) is 4.77. The molecular weight excluding hydrogens is 304 g/mol. The third-order valence-electron chi connectivity index (χ3n) is 3.26. The molecule has 0 bridgehead atoms. The van der Waals surface area contributed by atoms with Gasteiger partial charge in [-0.1, -0.05) is 0 Å². The second-order valence-corrected chi connectivity index (χ2v) is 5.68. The summed E-state index contributed by atoms with van der Waals surface area (Å²) < 4.78 is 4.69. The average Bonchev–Trinajstić information content (AvgIpc) is 3.10. The van der Waals surface area contributed by atoms with Gasteiger partial charge in [0.15, 0.2) is 0 Å². The number of carbonyl (C=O) groups is 1. The summed E-state index contributed by atoms with van der Waals surface area (Å²) in [5, 5.41) is 12.2. The molecule has 0 aliphatic carbocycles. The van der Waals surface area contributed by atoms with Crippen LogP contribution in [0.25, 0.3) is 11.0 Å². The van der Waals surface area contributed by atoms with Crippen LogP contribution in [0.3, 0.4) is 0 Å². The fourth-order valence-corrected chi connectivity index (χ4v) is 3.06. The molecule has 3 aromatic rings. The average molecular weight is 318 g/mol. The van der Waals surface area contributed by atoms with E-state index in [1.165, 1.54) is 18.4 Å². The van der Waals surface area contributed by atoms with Gasteiger partial charge in [0.2, 0.25) is 11.8 Å². The van der Waals surface area contributed by atoms with Crippen LogP contribution < -0.4 is 5.73 Å². The smallest absolute Gasteiger partial charge is 0.348 e. The van der Waals surface area contributed by atoms with Gasteiger partial charge in [0, 0.05) is 5.69 Å². The van der Waals surface area contributed by atoms with Crippen molar-refractivity contribution in [2.24, 2.45) is 0 Å². The third kappa shape index (κ3) is 2.73. The van der Waals surface area contributed by atoms with Crippen LogP contribution in [0.1, 0.15) is 20.9 Å². The van der Waals surface area contributed by atoms with Crippen LogP contribution in [0.15, 0.2) is 17.5 Å². The summed E-state index contributed by atoms with van der Waals surface area (Å²) in [6.07, 6.45) is 1.47. The monoisotopic (exact) mass is 318 g/mol. The highest BCUT2D eigenvalue weighted by Crippen LogP contribution is 2.24. The minimum Gasteiger partial charge on any atom is -0.493 e. The third-order valence-corrected chi connectivity index (χ3v) is 4.22. The second kappa shape index (κ2) is 5.64. The first-order valence-corrected chi connectivity index (χ1v) is 7.44. The maximum absolute atomic E-state index is 11.4. The van der Waals surface area contributed by atoms with Crippen molar-refractivity contribution in [3.63, 3.8) is 0 Å². The zero-order valence-electron chi connectivity index (χ0n) is 11.8. The zero-order chi connectivity index (χ0) is 15.7. The number of nitrogens with one attached hydrogen (secondary N) is 1. The fraction of sp³-hybridized carbons (Fsp3) is 0.214. The van der Waals surface area contributed by atoms with Crippen molar-refractivity contribution in [3.05, 3.63) is 33.6 Å². The fourth-order valence-electron chi connectivity index (χ4n) is 2.19. The Morgan fingerprint density at radius 1 is 1.41 bits per heavy atom. The molecule has 3 rings (SSSR count). The van der Waals surface area contributed by atoms with Gasteiger partial charge in [0.25, 0.3) is 0 Å². The molecule has 0 fully saturated rings. The van der Waals surface area contributed by atoms with Crippen LogP contribution >= 0.6 is 11.3 Å². The van der Waals surface area contributed by atoms with Crippen LogP contribution in [0.2, 0.25) is 0 Å². The summed E-state index contributed by atoms with van der Waals surface area (Å²) >= 11 is 1.36. The Morgan fingerprint density at radius 3 is 3.00 bits per heavy atom. The Kier molecular flexibility index (Phi) is 3.68. The number of aryl methyl sites for hydroxylation is 2. The van der Waals surface area contributed by atoms with E-state index in [0.717, 1.165) is 17.7 Å². The number of thiophene rings is 1. The Labute approximate surface area is 129 Å². The molecule has 0 unspecified atom stereocenters. The molecule has 0 saturated heterocycles. The predicted molar refractivity (Wildman–Crippen MR) is 83.0 cm³/mol. The first-order valence-electron chi connectivity index (χ1n) is 6.56. The first kappa shape index (κ1) is 14.3. The molecule has 7 nitrogen and oxygen atoms in total. The summed E-state index contributed by atoms with van der Waals surface area (Å²) in [6, 6.07) is 3.63. The standard InChI is InChI=1S/C14H14N4O3S/c1-21-13(20)10-4-7(6-22-10)2-3-8-5-9-11(16-8)17-14(15)18-12(9)19/h4-6H,2-3H2,1H3,(H4,15,16,17,18,19). The number of nitrogens with zero attached hydrogens (tertiary/aromatic N) is 2. The van der Waals surface area contributed by atoms with Gasteiger partial charge in [-0.3, -0.25) is 0 Å². The lowest BCUT2D eigenvalue weighted by Crippen LogP contribution is -1.97. The van der Waals surface area contributed by atoms with Gasteiger partial charge in [-0.15, -0.1) is 11.3 Å². The summed E-state index contributed by atoms with van der Waals surface area (Å²) in [4.78, 5) is 22.9. The van der Waals surface area contributed by atoms with E-state index in [-0.39, 0.29) is 17.8 Å². The topological polar surface area (TPSA) is 114 Å². The molecular formula is C14H14N4O3S. The minimum atomic E-state index is -0.322. The molecule has 4 N–H and O–H groups in total. The molecule has 0 atom stereocenters. The number of aromatic hydroxyl groups is 1. The number of esters is 1. The molecule has 0 radical (unpaired) electrons. The number of fused-ring (bicyclic) bond motifs is 1. The lowest BCUT2D eigenvalue weighted by molar-refractivity contribution is 0.0606. The number of carbonyl (C=O) groups excluding carboxylic acids is 1. The summed E-state index contributed by atoms with van der Waals surface area (Å²) in [5.74, 6) is -0.426. The number of nitrogens with two attached hydrogens (primary N) is 1. The highest BCUT2D eigenvalue weighted by molar-refractivity contribution is 7.12. The van der Waals surface area contributed by atoms with Gasteiger partial charge in [0.05, 0.1) is 12.5 Å². The zero-order valence-corrected chi connectivity index (χ0v) is 12.6. The first-order chi connectivity index (χ1) is 10.6. The van der Waals surface area contributed by atoms with Crippen molar-refractivity contribution in [3.8, 4) is 5.88 Å². The summed E-state index contributed by atoms with van der Waals surface area (Å²) in [7, 11) is 1.37. The minimum absolute atomic E-state index is 0.0268. The van der Waals surface area contributed by atoms with Gasteiger partial charge in [-0.25, -0.2) is 4.79 Å². The van der Waals surface area contributed by atoms with Gasteiger partial charge in [-0.05, 0) is 35.9 Å². The molecule has 0 aliphatic rings. The molecule has 0 aromatic carbocycles. The van der Waals surface area contributed by atoms with Gasteiger partial charge in [-0.2, -0.15) is 9.97 Å². The molecule has 3 aromatic heterocycles. The van der Waals surface area contributed by atoms with Crippen molar-refractivity contribution < 1.29 is 14.6 Å². The molecule has 0 aliphatic heterocycles. The number of methoxy groups -OCH3 is 1. The van der Waals surface area contributed by atoms with Gasteiger partial charge >= 0.3 is 5.97 Å². The molecule has 114 valence electrons. The Hall–Kier alpha value is -2.61. The van der Waals surface area contributed by atoms with Crippen molar-refractivity contribution in [1.82, 2.24) is 15.0 Å². The maximum Gasteiger partial charge on any atom is 0.348 e. The van der Waals surface area contributed by atoms with Crippen molar-refractivity contribution in [2.75, 3.05) is 12.8 Å². The van der Waals surface area contributed by atoms with Crippen molar-refractivity contribution in [2.45, 2.75) is 12.8 Å². The van der Waals surface area contributed by atoms with E-state index < -0.39 is 0 Å². The highest BCUT2D eigenvalue weighted by atomic mass is 32.1. The molecule has 0 amide bonds. The number of ether oxygens (including phenoxy) is 1. The van der Waals surface area contributed by atoms with E-state index >= 15 is 0 Å². The van der Waals surface area contributed by atoms with Crippen LogP contribution in [0, 0.1) is 0 Å². The number of aromatic amines is 1. The lowest BCUT2D eigenvalue weighted by atomic mass is 10.1. The quantitative estimate of drug-likeness (QED) is 0.633. The van der Waals surface area contributed by atoms with Crippen molar-refractivity contribution in [1.29, 1.82) is 0 Å². The SMILES string of the molecule is COC(=O)c1cc(CCc2cc3c(O)nc(N)nc3[nH]2)cs1. The largest absolute Gasteiger partial charge is 0.493 e. The van der Waals surface area contributed by atoms with E-state index in [9.17, 15) is 9.90 Å². The van der Waals surface area contributed by atoms with Gasteiger partial charge < -0.3 is 20.6 Å². The van der Waals surface area contributed by atoms with E-state index in [0.29, 0.717) is 22.3 Å². The lowest BCUT2D eigenvalue weighted by Gasteiger charge is -1.96. The molecule has 0 saturated carbocycles. The predicted octanol–water partition coefficient (Wildman–Crippen LogP) is 1.88. The number of rotatable bonds is 4. The number of hydrogen-bond acceptors (Lipinski definition) is 7. The number of hydrogen-bond donors (Lipinski definition) is 3. The Balaban J connectivity index is 1.75. The number of anilines is 1. The number of H-pyrrole nitrogens is 1. The summed E-state index contributed by atoms with van der Waals surface area (Å²) in [6.45, 7) is 0. The molecule has 3 heterocycles. The molecule has 0 spiro atoms. The highest BCUT2D eigenvalue weighted by Gasteiger charge is 2.11. The molecule has 22 heavy (non-hydrogen) atoms. The molecule has 8 heteroatoms. The number of nitrogen functional groups attached to an aromatic ring is 1. The Morgan fingerprint density at radius 2 is 2.23 bits per heavy atom. The van der Waals surface area contributed by atoms with E-state index in [4.69, 9.17) is 5.73 Å². The van der Waals surface area contributed by atoms with Crippen LogP contribution in [0.5, 0.6) is 5.88 Å². The number of aromatic nitrogens is 3. The Bertz CT molecular complexity index is 840. The van der Waals surface area contributed by atoms with E-state index in [1.807, 2.05) is 11.4 Å². The van der Waals surface area contributed by atoms with Gasteiger partial charge in [0.1, 0.15) is 10.5 Å². The van der Waals surface area contributed by atoms with Crippen molar-refractivity contribution >= 4 is 34.3 Å². The van der Waals surface area contributed by atoms with Crippen LogP contribution in [-0.2, 0) is 17.6 Å². The van der Waals surface area contributed by atoms with E-state index in [2.05, 4.69) is 19.7 Å². The van der Waals surface area contributed by atoms with Crippen LogP contribution in [-0.4, -0.2) is 33.1 Å². The maximum atomic E-state index is 11.4.